The van der Waals surface area contributed by atoms with Gasteiger partial charge in [0.25, 0.3) is 0 Å². The van der Waals surface area contributed by atoms with Gasteiger partial charge in [-0.25, -0.2) is 0 Å². The Morgan fingerprint density at radius 3 is 2.33 bits per heavy atom. The molecule has 0 spiro atoms. The predicted molar refractivity (Wildman–Crippen MR) is 32.7 cm³/mol. The van der Waals surface area contributed by atoms with Crippen LogP contribution in [0.3, 0.4) is 0 Å². The van der Waals surface area contributed by atoms with Crippen LogP contribution in [-0.4, -0.2) is 7.28 Å². The van der Waals surface area contributed by atoms with Gasteiger partial charge in [0.15, 0.2) is 0 Å². The topological polar surface area (TPSA) is 0 Å². The lowest BCUT2D eigenvalue weighted by atomic mass is 9.76. The fourth-order valence-electron chi connectivity index (χ4n) is 0.500. The van der Waals surface area contributed by atoms with Gasteiger partial charge < -0.3 is 0 Å². The van der Waals surface area contributed by atoms with E-state index in [1.165, 1.54) is 26.4 Å². The molecule has 0 aliphatic heterocycles. The van der Waals surface area contributed by atoms with Crippen LogP contribution in [0.5, 0.6) is 0 Å². The number of rotatable bonds is 3. The zero-order valence-electron chi connectivity index (χ0n) is 4.83. The third kappa shape index (κ3) is 4.06. The van der Waals surface area contributed by atoms with Crippen LogP contribution in [0.25, 0.3) is 0 Å². The van der Waals surface area contributed by atoms with Crippen molar-refractivity contribution in [2.45, 2.75) is 32.9 Å². The van der Waals surface area contributed by atoms with Crippen LogP contribution in [0, 0.1) is 0 Å². The van der Waals surface area contributed by atoms with E-state index in [0.29, 0.717) is 0 Å². The monoisotopic (exact) mass is 84.1 g/mol. The molecule has 36 valence electrons. The SMILES string of the molecule is CBCCCC. The predicted octanol–water partition coefficient (Wildman–Crippen LogP) is 1.69. The maximum atomic E-state index is 2.23. The molecule has 0 atom stereocenters. The fourth-order valence-corrected chi connectivity index (χ4v) is 0.500. The summed E-state index contributed by atoms with van der Waals surface area (Å²) in [5, 5.41) is 0. The van der Waals surface area contributed by atoms with Crippen LogP contribution in [0.15, 0.2) is 0 Å². The summed E-state index contributed by atoms with van der Waals surface area (Å²) in [7, 11) is 1.36. The summed E-state index contributed by atoms with van der Waals surface area (Å²) in [6, 6.07) is 0. The minimum absolute atomic E-state index is 1.36. The van der Waals surface area contributed by atoms with Crippen molar-refractivity contribution in [1.82, 2.24) is 0 Å². The van der Waals surface area contributed by atoms with Gasteiger partial charge in [0.05, 0.1) is 0 Å². The molecule has 0 saturated carbocycles. The summed E-state index contributed by atoms with van der Waals surface area (Å²) in [4.78, 5) is 0. The Hall–Kier alpha value is 0.0649. The van der Waals surface area contributed by atoms with E-state index in [2.05, 4.69) is 13.7 Å². The molecule has 0 aliphatic carbocycles. The molecule has 0 saturated heterocycles. The Morgan fingerprint density at radius 2 is 2.17 bits per heavy atom. The summed E-state index contributed by atoms with van der Waals surface area (Å²) in [6.45, 7) is 4.46. The average Bonchev–Trinajstić information content (AvgIpc) is 1.61. The molecule has 6 heavy (non-hydrogen) atoms. The molecule has 0 heterocycles. The summed E-state index contributed by atoms with van der Waals surface area (Å²) in [5.74, 6) is 0. The Labute approximate surface area is 41.2 Å². The third-order valence-corrected chi connectivity index (χ3v) is 0.957. The average molecular weight is 84.0 g/mol. The molecule has 0 rings (SSSR count). The minimum atomic E-state index is 1.36. The molecule has 0 fully saturated rings. The maximum absolute atomic E-state index is 2.23. The Kier molecular flexibility index (Phi) is 5.12. The van der Waals surface area contributed by atoms with E-state index < -0.39 is 0 Å². The van der Waals surface area contributed by atoms with Crippen molar-refractivity contribution >= 4 is 7.28 Å². The van der Waals surface area contributed by atoms with E-state index >= 15 is 0 Å². The zero-order chi connectivity index (χ0) is 4.83. The van der Waals surface area contributed by atoms with Crippen LogP contribution in [0.4, 0.5) is 0 Å². The first-order valence-electron chi connectivity index (χ1n) is 2.91. The highest BCUT2D eigenvalue weighted by Crippen LogP contribution is 1.90. The van der Waals surface area contributed by atoms with Gasteiger partial charge in [-0.1, -0.05) is 32.9 Å². The van der Waals surface area contributed by atoms with E-state index in [4.69, 9.17) is 0 Å². The number of hydrogen-bond donors (Lipinski definition) is 0. The van der Waals surface area contributed by atoms with Crippen LogP contribution in [0.2, 0.25) is 13.1 Å². The standard InChI is InChI=1S/C5H13B/c1-3-4-5-6-2/h6H,3-5H2,1-2H3. The van der Waals surface area contributed by atoms with Gasteiger partial charge in [-0.15, -0.1) is 0 Å². The van der Waals surface area contributed by atoms with Crippen molar-refractivity contribution in [3.05, 3.63) is 0 Å². The summed E-state index contributed by atoms with van der Waals surface area (Å²) in [5.41, 5.74) is 0. The molecule has 0 unspecified atom stereocenters. The van der Waals surface area contributed by atoms with Gasteiger partial charge in [-0.05, 0) is 0 Å². The van der Waals surface area contributed by atoms with E-state index in [0.717, 1.165) is 0 Å². The lowest BCUT2D eigenvalue weighted by Gasteiger charge is -1.84. The van der Waals surface area contributed by atoms with Gasteiger partial charge in [0, 0.05) is 0 Å². The molecule has 0 nitrogen and oxygen atoms in total. The summed E-state index contributed by atoms with van der Waals surface area (Å²) >= 11 is 0. The van der Waals surface area contributed by atoms with E-state index in [9.17, 15) is 0 Å². The third-order valence-electron chi connectivity index (χ3n) is 0.957. The van der Waals surface area contributed by atoms with Crippen molar-refractivity contribution in [2.75, 3.05) is 0 Å². The van der Waals surface area contributed by atoms with E-state index in [1.807, 2.05) is 0 Å². The molecule has 0 amide bonds. The van der Waals surface area contributed by atoms with Crippen molar-refractivity contribution < 1.29 is 0 Å². The first kappa shape index (κ1) is 6.06. The Bertz CT molecular complexity index is 15.9. The second-order valence-electron chi connectivity index (χ2n) is 1.71. The van der Waals surface area contributed by atoms with Crippen LogP contribution >= 0.6 is 0 Å². The highest BCUT2D eigenvalue weighted by atomic mass is 13.7. The largest absolute Gasteiger partial charge is 0.117 e. The minimum Gasteiger partial charge on any atom is -0.0893 e. The second-order valence-corrected chi connectivity index (χ2v) is 1.71. The summed E-state index contributed by atoms with van der Waals surface area (Å²) < 4.78 is 0. The van der Waals surface area contributed by atoms with Crippen molar-refractivity contribution in [3.8, 4) is 0 Å². The second kappa shape index (κ2) is 5.06. The first-order chi connectivity index (χ1) is 2.91. The lowest BCUT2D eigenvalue weighted by molar-refractivity contribution is 0.880. The molecule has 0 aromatic rings. The molecular formula is C5H13B. The maximum Gasteiger partial charge on any atom is 0.117 e. The lowest BCUT2D eigenvalue weighted by Crippen LogP contribution is -1.76. The zero-order valence-corrected chi connectivity index (χ0v) is 4.83. The van der Waals surface area contributed by atoms with Gasteiger partial charge in [-0.3, -0.25) is 0 Å². The van der Waals surface area contributed by atoms with Crippen molar-refractivity contribution in [2.24, 2.45) is 0 Å². The van der Waals surface area contributed by atoms with Crippen LogP contribution in [0.1, 0.15) is 19.8 Å². The molecule has 0 aromatic carbocycles. The highest BCUT2D eigenvalue weighted by Gasteiger charge is 1.77. The normalized spacial score (nSPS) is 8.33. The Morgan fingerprint density at radius 1 is 1.50 bits per heavy atom. The van der Waals surface area contributed by atoms with Crippen LogP contribution < -0.4 is 0 Å². The van der Waals surface area contributed by atoms with Gasteiger partial charge in [0.1, 0.15) is 7.28 Å². The molecule has 1 heteroatoms. The molecular weight excluding hydrogens is 70.9 g/mol. The Balaban J connectivity index is 2.34. The summed E-state index contributed by atoms with van der Waals surface area (Å²) in [6.07, 6.45) is 4.18. The smallest absolute Gasteiger partial charge is 0.0893 e. The molecule has 0 N–H and O–H groups in total. The van der Waals surface area contributed by atoms with Gasteiger partial charge >= 0.3 is 0 Å². The molecule has 0 radical (unpaired) electrons. The van der Waals surface area contributed by atoms with E-state index in [1.54, 1.807) is 0 Å². The molecule has 0 aromatic heterocycles. The fraction of sp³-hybridized carbons (Fsp3) is 1.00. The van der Waals surface area contributed by atoms with Gasteiger partial charge in [0.2, 0.25) is 0 Å². The quantitative estimate of drug-likeness (QED) is 0.360. The number of unbranched alkanes of at least 4 members (excludes halogenated alkanes) is 1. The highest BCUT2D eigenvalue weighted by molar-refractivity contribution is 6.33. The number of hydrogen-bond acceptors (Lipinski definition) is 0. The molecule has 0 aliphatic rings. The van der Waals surface area contributed by atoms with Crippen LogP contribution in [-0.2, 0) is 0 Å². The molecule has 0 bridgehead atoms. The first-order valence-corrected chi connectivity index (χ1v) is 2.91. The van der Waals surface area contributed by atoms with E-state index in [-0.39, 0.29) is 0 Å². The van der Waals surface area contributed by atoms with Gasteiger partial charge in [-0.2, -0.15) is 0 Å². The van der Waals surface area contributed by atoms with Crippen molar-refractivity contribution in [1.29, 1.82) is 0 Å². The van der Waals surface area contributed by atoms with Crippen molar-refractivity contribution in [3.63, 3.8) is 0 Å².